The van der Waals surface area contributed by atoms with Crippen LogP contribution >= 0.6 is 11.3 Å². The molecule has 0 radical (unpaired) electrons. The zero-order valence-corrected chi connectivity index (χ0v) is 11.0. The third-order valence-electron chi connectivity index (χ3n) is 2.54. The molecule has 0 fully saturated rings. The second-order valence-corrected chi connectivity index (χ2v) is 4.81. The summed E-state index contributed by atoms with van der Waals surface area (Å²) in [5.74, 6) is -0.281. The fourth-order valence-electron chi connectivity index (χ4n) is 1.63. The van der Waals surface area contributed by atoms with Gasteiger partial charge in [0.15, 0.2) is 0 Å². The molecular formula is C12H10N6OS. The van der Waals surface area contributed by atoms with E-state index in [4.69, 9.17) is 5.73 Å². The maximum Gasteiger partial charge on any atom is 0.293 e. The highest BCUT2D eigenvalue weighted by Crippen LogP contribution is 2.23. The first kappa shape index (κ1) is 12.3. The number of thiazole rings is 1. The van der Waals surface area contributed by atoms with Crippen molar-refractivity contribution < 1.29 is 4.79 Å². The van der Waals surface area contributed by atoms with Crippen LogP contribution in [-0.2, 0) is 0 Å². The fourth-order valence-corrected chi connectivity index (χ4v) is 2.27. The lowest BCUT2D eigenvalue weighted by molar-refractivity contribution is 0.101. The molecule has 0 unspecified atom stereocenters. The molecule has 1 aromatic carbocycles. The van der Waals surface area contributed by atoms with E-state index in [1.165, 1.54) is 0 Å². The Morgan fingerprint density at radius 2 is 2.10 bits per heavy atom. The molecule has 3 aromatic rings. The average molecular weight is 286 g/mol. The number of hydrogen-bond donors (Lipinski definition) is 3. The van der Waals surface area contributed by atoms with E-state index in [2.05, 4.69) is 25.5 Å². The number of aromatic nitrogens is 4. The summed E-state index contributed by atoms with van der Waals surface area (Å²) in [5.41, 5.74) is 7.00. The predicted octanol–water partition coefficient (Wildman–Crippen LogP) is 1.76. The molecule has 4 N–H and O–H groups in total. The minimum absolute atomic E-state index is 0.0364. The van der Waals surface area contributed by atoms with E-state index in [0.717, 1.165) is 10.6 Å². The van der Waals surface area contributed by atoms with Gasteiger partial charge in [-0.05, 0) is 24.3 Å². The SMILES string of the molecule is Nc1n[nH]c(C(=O)Nc2ccc(-c3nccs3)cc2)n1. The van der Waals surface area contributed by atoms with E-state index in [-0.39, 0.29) is 11.8 Å². The Kier molecular flexibility index (Phi) is 3.13. The van der Waals surface area contributed by atoms with Gasteiger partial charge in [-0.3, -0.25) is 9.89 Å². The number of nitrogen functional groups attached to an aromatic ring is 1. The van der Waals surface area contributed by atoms with Crippen LogP contribution in [-0.4, -0.2) is 26.1 Å². The van der Waals surface area contributed by atoms with Crippen LogP contribution in [0.4, 0.5) is 11.6 Å². The molecule has 0 aliphatic heterocycles. The molecule has 0 aliphatic carbocycles. The number of nitrogens with two attached hydrogens (primary N) is 1. The Morgan fingerprint density at radius 3 is 2.70 bits per heavy atom. The summed E-state index contributed by atoms with van der Waals surface area (Å²) in [6, 6.07) is 7.38. The third kappa shape index (κ3) is 2.50. The van der Waals surface area contributed by atoms with Gasteiger partial charge in [0.1, 0.15) is 5.01 Å². The lowest BCUT2D eigenvalue weighted by atomic mass is 10.2. The van der Waals surface area contributed by atoms with Crippen molar-refractivity contribution in [1.82, 2.24) is 20.2 Å². The van der Waals surface area contributed by atoms with Crippen molar-refractivity contribution in [3.05, 3.63) is 41.7 Å². The molecule has 100 valence electrons. The molecule has 0 bridgehead atoms. The standard InChI is InChI=1S/C12H10N6OS/c13-12-16-9(17-18-12)10(19)15-8-3-1-7(2-4-8)11-14-5-6-20-11/h1-6H,(H,15,19)(H3,13,16,17,18). The van der Waals surface area contributed by atoms with E-state index in [1.54, 1.807) is 29.7 Å². The minimum atomic E-state index is -0.392. The monoisotopic (exact) mass is 286 g/mol. The van der Waals surface area contributed by atoms with Crippen molar-refractivity contribution in [2.45, 2.75) is 0 Å². The van der Waals surface area contributed by atoms with Crippen molar-refractivity contribution in [3.8, 4) is 10.6 Å². The smallest absolute Gasteiger partial charge is 0.293 e. The maximum absolute atomic E-state index is 11.8. The molecule has 1 amide bonds. The zero-order valence-electron chi connectivity index (χ0n) is 10.2. The number of H-pyrrole nitrogens is 1. The number of hydrogen-bond acceptors (Lipinski definition) is 6. The fraction of sp³-hybridized carbons (Fsp3) is 0. The van der Waals surface area contributed by atoms with Crippen LogP contribution in [0.1, 0.15) is 10.6 Å². The largest absolute Gasteiger partial charge is 0.366 e. The Morgan fingerprint density at radius 1 is 1.30 bits per heavy atom. The lowest BCUT2D eigenvalue weighted by Crippen LogP contribution is -2.13. The summed E-state index contributed by atoms with van der Waals surface area (Å²) in [5, 5.41) is 11.6. The van der Waals surface area contributed by atoms with Crippen molar-refractivity contribution >= 4 is 28.9 Å². The molecule has 0 saturated carbocycles. The van der Waals surface area contributed by atoms with E-state index < -0.39 is 5.91 Å². The Bertz CT molecular complexity index is 719. The van der Waals surface area contributed by atoms with Crippen molar-refractivity contribution in [2.75, 3.05) is 11.1 Å². The second-order valence-electron chi connectivity index (χ2n) is 3.91. The topological polar surface area (TPSA) is 110 Å². The number of carbonyl (C=O) groups is 1. The minimum Gasteiger partial charge on any atom is -0.366 e. The van der Waals surface area contributed by atoms with Gasteiger partial charge in [0.05, 0.1) is 0 Å². The number of anilines is 2. The van der Waals surface area contributed by atoms with Crippen LogP contribution in [0.3, 0.4) is 0 Å². The number of amides is 1. The normalized spacial score (nSPS) is 10.4. The summed E-state index contributed by atoms with van der Waals surface area (Å²) < 4.78 is 0. The van der Waals surface area contributed by atoms with Gasteiger partial charge in [0, 0.05) is 22.8 Å². The average Bonchev–Trinajstić information content (AvgIpc) is 3.10. The summed E-state index contributed by atoms with van der Waals surface area (Å²) in [7, 11) is 0. The van der Waals surface area contributed by atoms with Gasteiger partial charge in [-0.15, -0.1) is 16.4 Å². The van der Waals surface area contributed by atoms with Crippen molar-refractivity contribution in [1.29, 1.82) is 0 Å². The zero-order chi connectivity index (χ0) is 13.9. The van der Waals surface area contributed by atoms with Crippen LogP contribution in [0.15, 0.2) is 35.8 Å². The Hall–Kier alpha value is -2.74. The van der Waals surface area contributed by atoms with Crippen LogP contribution < -0.4 is 11.1 Å². The number of aromatic amines is 1. The maximum atomic E-state index is 11.8. The molecule has 0 saturated heterocycles. The predicted molar refractivity (Wildman–Crippen MR) is 76.3 cm³/mol. The van der Waals surface area contributed by atoms with Crippen LogP contribution in [0.25, 0.3) is 10.6 Å². The van der Waals surface area contributed by atoms with Gasteiger partial charge in [-0.1, -0.05) is 0 Å². The summed E-state index contributed by atoms with van der Waals surface area (Å²) in [4.78, 5) is 19.8. The van der Waals surface area contributed by atoms with Crippen LogP contribution in [0.2, 0.25) is 0 Å². The Labute approximate surface area is 117 Å². The highest BCUT2D eigenvalue weighted by Gasteiger charge is 2.10. The number of nitrogens with one attached hydrogen (secondary N) is 2. The molecule has 20 heavy (non-hydrogen) atoms. The number of rotatable bonds is 3. The van der Waals surface area contributed by atoms with Crippen molar-refractivity contribution in [3.63, 3.8) is 0 Å². The highest BCUT2D eigenvalue weighted by molar-refractivity contribution is 7.13. The molecule has 2 heterocycles. The van der Waals surface area contributed by atoms with Crippen LogP contribution in [0, 0.1) is 0 Å². The van der Waals surface area contributed by atoms with E-state index >= 15 is 0 Å². The van der Waals surface area contributed by atoms with E-state index in [9.17, 15) is 4.79 Å². The van der Waals surface area contributed by atoms with Crippen molar-refractivity contribution in [2.24, 2.45) is 0 Å². The quantitative estimate of drug-likeness (QED) is 0.679. The van der Waals surface area contributed by atoms with Gasteiger partial charge < -0.3 is 11.1 Å². The molecule has 3 rings (SSSR count). The van der Waals surface area contributed by atoms with Crippen LogP contribution in [0.5, 0.6) is 0 Å². The summed E-state index contributed by atoms with van der Waals surface area (Å²) >= 11 is 1.56. The Balaban J connectivity index is 1.74. The van der Waals surface area contributed by atoms with Gasteiger partial charge in [-0.25, -0.2) is 4.98 Å². The molecule has 8 heteroatoms. The summed E-state index contributed by atoms with van der Waals surface area (Å²) in [6.45, 7) is 0. The number of nitrogens with zero attached hydrogens (tertiary/aromatic N) is 3. The first-order valence-electron chi connectivity index (χ1n) is 5.71. The van der Waals surface area contributed by atoms with Gasteiger partial charge in [0.2, 0.25) is 11.8 Å². The first-order valence-corrected chi connectivity index (χ1v) is 6.59. The number of benzene rings is 1. The van der Waals surface area contributed by atoms with E-state index in [0.29, 0.717) is 5.69 Å². The third-order valence-corrected chi connectivity index (χ3v) is 3.36. The molecule has 0 atom stereocenters. The first-order chi connectivity index (χ1) is 9.72. The molecule has 2 aromatic heterocycles. The van der Waals surface area contributed by atoms with E-state index in [1.807, 2.05) is 17.5 Å². The summed E-state index contributed by atoms with van der Waals surface area (Å²) in [6.07, 6.45) is 1.75. The lowest BCUT2D eigenvalue weighted by Gasteiger charge is -2.03. The molecule has 0 spiro atoms. The second kappa shape index (κ2) is 5.10. The highest BCUT2D eigenvalue weighted by atomic mass is 32.1. The molecular weight excluding hydrogens is 276 g/mol. The van der Waals surface area contributed by atoms with Gasteiger partial charge in [0.25, 0.3) is 5.91 Å². The molecule has 0 aliphatic rings. The van der Waals surface area contributed by atoms with Gasteiger partial charge >= 0.3 is 0 Å². The number of carbonyl (C=O) groups excluding carboxylic acids is 1. The van der Waals surface area contributed by atoms with Gasteiger partial charge in [-0.2, -0.15) is 4.98 Å². The molecule has 7 nitrogen and oxygen atoms in total.